The molecule has 1 N–H and O–H groups in total. The molecule has 4 heteroatoms. The normalized spacial score (nSPS) is 13.3. The highest BCUT2D eigenvalue weighted by Gasteiger charge is 2.33. The molecule has 1 rings (SSSR count). The van der Waals surface area contributed by atoms with Gasteiger partial charge in [0.1, 0.15) is 5.75 Å². The number of allylic oxidation sites excluding steroid dienone is 2. The molecular weight excluding hydrogens is 280 g/mol. The highest BCUT2D eigenvalue weighted by molar-refractivity contribution is 5.60. The van der Waals surface area contributed by atoms with Crippen molar-refractivity contribution in [3.8, 4) is 17.2 Å². The van der Waals surface area contributed by atoms with Crippen molar-refractivity contribution >= 4 is 0 Å². The first-order valence-corrected chi connectivity index (χ1v) is 7.44. The Balaban J connectivity index is 3.39. The van der Waals surface area contributed by atoms with Crippen molar-refractivity contribution in [2.45, 2.75) is 46.1 Å². The van der Waals surface area contributed by atoms with Gasteiger partial charge in [-0.25, -0.2) is 0 Å². The lowest BCUT2D eigenvalue weighted by atomic mass is 9.88. The van der Waals surface area contributed by atoms with Gasteiger partial charge in [0.25, 0.3) is 0 Å². The number of hydrogen-bond donors (Lipinski definition) is 1. The van der Waals surface area contributed by atoms with Crippen molar-refractivity contribution in [2.24, 2.45) is 0 Å². The molecule has 0 bridgehead atoms. The van der Waals surface area contributed by atoms with E-state index in [1.807, 2.05) is 26.8 Å². The predicted molar refractivity (Wildman–Crippen MR) is 89.1 cm³/mol. The maximum Gasteiger partial charge on any atom is 0.170 e. The summed E-state index contributed by atoms with van der Waals surface area (Å²) >= 11 is 0. The van der Waals surface area contributed by atoms with Crippen LogP contribution in [0.15, 0.2) is 17.7 Å². The average Bonchev–Trinajstić information content (AvgIpc) is 2.44. The summed E-state index contributed by atoms with van der Waals surface area (Å²) in [5.41, 5.74) is 1.68. The molecule has 0 aliphatic heterocycles. The maximum atomic E-state index is 11.0. The van der Waals surface area contributed by atoms with Crippen molar-refractivity contribution in [3.05, 3.63) is 28.8 Å². The lowest BCUT2D eigenvalue weighted by molar-refractivity contribution is 0.0431. The number of ether oxygens (including phenoxy) is 3. The third-order valence-corrected chi connectivity index (χ3v) is 3.74. The molecule has 0 fully saturated rings. The van der Waals surface area contributed by atoms with E-state index in [1.54, 1.807) is 28.3 Å². The van der Waals surface area contributed by atoms with Gasteiger partial charge in [-0.1, -0.05) is 11.6 Å². The molecule has 0 spiro atoms. The third-order valence-electron chi connectivity index (χ3n) is 3.74. The largest absolute Gasteiger partial charge is 0.496 e. The molecule has 4 nitrogen and oxygen atoms in total. The van der Waals surface area contributed by atoms with Crippen molar-refractivity contribution in [1.29, 1.82) is 0 Å². The first-order chi connectivity index (χ1) is 10.3. The van der Waals surface area contributed by atoms with Crippen LogP contribution in [0.4, 0.5) is 0 Å². The van der Waals surface area contributed by atoms with E-state index < -0.39 is 5.60 Å². The Morgan fingerprint density at radius 2 is 1.73 bits per heavy atom. The quantitative estimate of drug-likeness (QED) is 0.774. The van der Waals surface area contributed by atoms with Crippen LogP contribution in [0.2, 0.25) is 0 Å². The van der Waals surface area contributed by atoms with Gasteiger partial charge < -0.3 is 19.3 Å². The number of methoxy groups -OCH3 is 3. The predicted octanol–water partition coefficient (Wildman–Crippen LogP) is 3.97. The van der Waals surface area contributed by atoms with E-state index in [4.69, 9.17) is 14.2 Å². The zero-order chi connectivity index (χ0) is 16.9. The van der Waals surface area contributed by atoms with Crippen molar-refractivity contribution < 1.29 is 19.3 Å². The van der Waals surface area contributed by atoms with Gasteiger partial charge in [-0.05, 0) is 52.2 Å². The van der Waals surface area contributed by atoms with Gasteiger partial charge in [0.15, 0.2) is 11.5 Å². The highest BCUT2D eigenvalue weighted by Crippen LogP contribution is 2.47. The Hall–Kier alpha value is -1.68. The number of rotatable bonds is 7. The molecule has 0 amide bonds. The van der Waals surface area contributed by atoms with Gasteiger partial charge in [0.05, 0.1) is 32.5 Å². The van der Waals surface area contributed by atoms with E-state index in [0.29, 0.717) is 29.2 Å². The molecule has 0 saturated heterocycles. The van der Waals surface area contributed by atoms with E-state index in [-0.39, 0.29) is 0 Å². The zero-order valence-electron chi connectivity index (χ0n) is 14.7. The number of aryl methyl sites for hydroxylation is 1. The molecule has 1 atom stereocenters. The van der Waals surface area contributed by atoms with Gasteiger partial charge in [-0.2, -0.15) is 0 Å². The van der Waals surface area contributed by atoms with Crippen LogP contribution in [-0.2, 0) is 5.60 Å². The van der Waals surface area contributed by atoms with Crippen LogP contribution in [0.25, 0.3) is 0 Å². The first-order valence-electron chi connectivity index (χ1n) is 7.44. The van der Waals surface area contributed by atoms with E-state index in [2.05, 4.69) is 6.08 Å². The number of hydrogen-bond acceptors (Lipinski definition) is 4. The van der Waals surface area contributed by atoms with E-state index in [1.165, 1.54) is 5.57 Å². The summed E-state index contributed by atoms with van der Waals surface area (Å²) in [5.74, 6) is 1.76. The minimum atomic E-state index is -1.08. The highest BCUT2D eigenvalue weighted by atomic mass is 16.5. The SMILES string of the molecule is COc1cc(C)c(OC)c(OC)c1C(C)(O)CCC=C(C)C. The molecule has 124 valence electrons. The molecule has 22 heavy (non-hydrogen) atoms. The summed E-state index contributed by atoms with van der Waals surface area (Å²) in [6.45, 7) is 7.79. The summed E-state index contributed by atoms with van der Waals surface area (Å²) < 4.78 is 16.4. The fourth-order valence-corrected chi connectivity index (χ4v) is 2.63. The molecule has 1 aromatic carbocycles. The molecule has 0 aromatic heterocycles. The van der Waals surface area contributed by atoms with Crippen LogP contribution in [0, 0.1) is 6.92 Å². The Morgan fingerprint density at radius 1 is 1.14 bits per heavy atom. The number of benzene rings is 1. The molecule has 1 aromatic rings. The Bertz CT molecular complexity index is 541. The van der Waals surface area contributed by atoms with Crippen LogP contribution in [-0.4, -0.2) is 26.4 Å². The van der Waals surface area contributed by atoms with E-state index >= 15 is 0 Å². The van der Waals surface area contributed by atoms with Crippen molar-refractivity contribution in [2.75, 3.05) is 21.3 Å². The van der Waals surface area contributed by atoms with E-state index in [9.17, 15) is 5.11 Å². The molecule has 0 saturated carbocycles. The van der Waals surface area contributed by atoms with Gasteiger partial charge in [-0.15, -0.1) is 0 Å². The van der Waals surface area contributed by atoms with Crippen LogP contribution in [0.3, 0.4) is 0 Å². The molecule has 0 aliphatic carbocycles. The lowest BCUT2D eigenvalue weighted by Gasteiger charge is -2.29. The van der Waals surface area contributed by atoms with Crippen LogP contribution in [0.1, 0.15) is 44.7 Å². The summed E-state index contributed by atoms with van der Waals surface area (Å²) in [6, 6.07) is 1.87. The Morgan fingerprint density at radius 3 is 2.18 bits per heavy atom. The van der Waals surface area contributed by atoms with Crippen molar-refractivity contribution in [3.63, 3.8) is 0 Å². The van der Waals surface area contributed by atoms with Crippen molar-refractivity contribution in [1.82, 2.24) is 0 Å². The summed E-state index contributed by atoms with van der Waals surface area (Å²) in [5, 5.41) is 11.0. The minimum absolute atomic E-state index is 0.529. The minimum Gasteiger partial charge on any atom is -0.496 e. The Labute approximate surface area is 133 Å². The second-order valence-electron chi connectivity index (χ2n) is 5.93. The molecule has 0 radical (unpaired) electrons. The standard InChI is InChI=1S/C18H28O4/c1-12(2)9-8-10-18(4,19)15-14(20-5)11-13(3)16(21-6)17(15)22-7/h9,11,19H,8,10H2,1-7H3. The van der Waals surface area contributed by atoms with Crippen LogP contribution < -0.4 is 14.2 Å². The molecular formula is C18H28O4. The van der Waals surface area contributed by atoms with Gasteiger partial charge in [-0.3, -0.25) is 0 Å². The summed E-state index contributed by atoms with van der Waals surface area (Å²) in [7, 11) is 4.77. The number of aliphatic hydroxyl groups is 1. The molecule has 0 aliphatic rings. The second-order valence-corrected chi connectivity index (χ2v) is 5.93. The first kappa shape index (κ1) is 18.4. The Kier molecular flexibility index (Phi) is 6.30. The lowest BCUT2D eigenvalue weighted by Crippen LogP contribution is -2.23. The third kappa shape index (κ3) is 3.95. The zero-order valence-corrected chi connectivity index (χ0v) is 14.7. The fourth-order valence-electron chi connectivity index (χ4n) is 2.63. The smallest absolute Gasteiger partial charge is 0.170 e. The fraction of sp³-hybridized carbons (Fsp3) is 0.556. The van der Waals surface area contributed by atoms with Gasteiger partial charge in [0, 0.05) is 0 Å². The second kappa shape index (κ2) is 7.54. The summed E-state index contributed by atoms with van der Waals surface area (Å²) in [4.78, 5) is 0. The topological polar surface area (TPSA) is 47.9 Å². The van der Waals surface area contributed by atoms with Crippen LogP contribution >= 0.6 is 0 Å². The summed E-state index contributed by atoms with van der Waals surface area (Å²) in [6.07, 6.45) is 3.45. The van der Waals surface area contributed by atoms with Crippen LogP contribution in [0.5, 0.6) is 17.2 Å². The van der Waals surface area contributed by atoms with Gasteiger partial charge in [0.2, 0.25) is 0 Å². The average molecular weight is 308 g/mol. The van der Waals surface area contributed by atoms with Gasteiger partial charge >= 0.3 is 0 Å². The molecule has 0 heterocycles. The van der Waals surface area contributed by atoms with E-state index in [0.717, 1.165) is 12.0 Å². The monoisotopic (exact) mass is 308 g/mol. The maximum absolute atomic E-state index is 11.0. The molecule has 1 unspecified atom stereocenters.